The van der Waals surface area contributed by atoms with Gasteiger partial charge in [0, 0.05) is 10.7 Å². The van der Waals surface area contributed by atoms with Crippen molar-refractivity contribution in [3.8, 4) is 0 Å². The monoisotopic (exact) mass is 383 g/mol. The zero-order valence-corrected chi connectivity index (χ0v) is 15.9. The van der Waals surface area contributed by atoms with Gasteiger partial charge in [0.1, 0.15) is 6.67 Å². The van der Waals surface area contributed by atoms with E-state index in [0.717, 1.165) is 25.9 Å². The van der Waals surface area contributed by atoms with Gasteiger partial charge in [-0.3, -0.25) is 24.3 Å². The van der Waals surface area contributed by atoms with Gasteiger partial charge < -0.3 is 0 Å². The fourth-order valence-corrected chi connectivity index (χ4v) is 3.95. The molecule has 0 atom stereocenters. The zero-order valence-electron chi connectivity index (χ0n) is 15.1. The Kier molecular flexibility index (Phi) is 5.14. The van der Waals surface area contributed by atoms with E-state index in [4.69, 9.17) is 11.6 Å². The van der Waals surface area contributed by atoms with E-state index in [1.165, 1.54) is 6.42 Å². The van der Waals surface area contributed by atoms with Crippen LogP contribution in [0, 0.1) is 0 Å². The van der Waals surface area contributed by atoms with Crippen LogP contribution in [-0.2, 0) is 4.79 Å². The van der Waals surface area contributed by atoms with Crippen LogP contribution in [0.1, 0.15) is 29.6 Å². The van der Waals surface area contributed by atoms with Crippen LogP contribution < -0.4 is 9.80 Å². The molecule has 2 heterocycles. The molecule has 0 bridgehead atoms. The van der Waals surface area contributed by atoms with E-state index >= 15 is 0 Å². The predicted octanol–water partition coefficient (Wildman–Crippen LogP) is 3.78. The number of para-hydroxylation sites is 1. The maximum atomic E-state index is 13.1. The fourth-order valence-electron chi connectivity index (χ4n) is 3.77. The molecule has 0 aliphatic carbocycles. The number of hydrogen-bond donors (Lipinski definition) is 0. The van der Waals surface area contributed by atoms with E-state index in [2.05, 4.69) is 4.90 Å². The van der Waals surface area contributed by atoms with Crippen LogP contribution in [0.25, 0.3) is 0 Å². The van der Waals surface area contributed by atoms with Crippen molar-refractivity contribution in [1.82, 2.24) is 4.90 Å². The lowest BCUT2D eigenvalue weighted by atomic mass is 10.1. The van der Waals surface area contributed by atoms with Gasteiger partial charge in [0.25, 0.3) is 5.91 Å². The van der Waals surface area contributed by atoms with E-state index < -0.39 is 0 Å². The van der Waals surface area contributed by atoms with Gasteiger partial charge in [-0.1, -0.05) is 36.2 Å². The SMILES string of the molecule is O=C1c2ccccc2N(C(=O)CN2CCCCC2)CN1c1cccc(Cl)c1. The summed E-state index contributed by atoms with van der Waals surface area (Å²) in [5, 5.41) is 0.561. The highest BCUT2D eigenvalue weighted by molar-refractivity contribution is 6.31. The molecule has 1 saturated heterocycles. The third kappa shape index (κ3) is 3.70. The Morgan fingerprint density at radius 1 is 1.00 bits per heavy atom. The van der Waals surface area contributed by atoms with Gasteiger partial charge in [0.05, 0.1) is 17.8 Å². The number of carbonyl (C=O) groups excluding carboxylic acids is 2. The van der Waals surface area contributed by atoms with Crippen molar-refractivity contribution in [3.05, 3.63) is 59.1 Å². The van der Waals surface area contributed by atoms with Crippen molar-refractivity contribution in [1.29, 1.82) is 0 Å². The van der Waals surface area contributed by atoms with E-state index in [1.807, 2.05) is 30.3 Å². The Labute approximate surface area is 164 Å². The topological polar surface area (TPSA) is 43.9 Å². The number of halogens is 1. The van der Waals surface area contributed by atoms with Gasteiger partial charge in [0.15, 0.2) is 0 Å². The number of nitrogens with zero attached hydrogens (tertiary/aromatic N) is 3. The lowest BCUT2D eigenvalue weighted by molar-refractivity contribution is -0.120. The molecule has 2 amide bonds. The van der Waals surface area contributed by atoms with E-state index in [-0.39, 0.29) is 18.5 Å². The van der Waals surface area contributed by atoms with E-state index in [9.17, 15) is 9.59 Å². The molecule has 2 aliphatic heterocycles. The largest absolute Gasteiger partial charge is 0.294 e. The van der Waals surface area contributed by atoms with Crippen molar-refractivity contribution in [2.45, 2.75) is 19.3 Å². The number of rotatable bonds is 3. The normalized spacial score (nSPS) is 17.7. The summed E-state index contributed by atoms with van der Waals surface area (Å²) in [4.78, 5) is 31.7. The molecular weight excluding hydrogens is 362 g/mol. The fraction of sp³-hybridized carbons (Fsp3) is 0.333. The highest BCUT2D eigenvalue weighted by Gasteiger charge is 2.33. The number of likely N-dealkylation sites (tertiary alicyclic amines) is 1. The number of amides is 2. The maximum Gasteiger partial charge on any atom is 0.261 e. The lowest BCUT2D eigenvalue weighted by Gasteiger charge is -2.38. The standard InChI is InChI=1S/C21H22ClN3O2/c22-16-7-6-8-17(13-16)24-15-25(19-10-3-2-9-18(19)21(24)27)20(26)14-23-11-4-1-5-12-23/h2-3,6-10,13H,1,4-5,11-12,14-15H2. The van der Waals surface area contributed by atoms with Crippen LogP contribution in [0.2, 0.25) is 5.02 Å². The summed E-state index contributed by atoms with van der Waals surface area (Å²) >= 11 is 6.11. The summed E-state index contributed by atoms with van der Waals surface area (Å²) in [6.45, 7) is 2.49. The molecule has 0 spiro atoms. The predicted molar refractivity (Wildman–Crippen MR) is 107 cm³/mol. The molecule has 1 fully saturated rings. The van der Waals surface area contributed by atoms with Crippen LogP contribution in [0.4, 0.5) is 11.4 Å². The second kappa shape index (κ2) is 7.71. The number of anilines is 2. The molecular formula is C21H22ClN3O2. The molecule has 4 rings (SSSR count). The quantitative estimate of drug-likeness (QED) is 0.810. The average molecular weight is 384 g/mol. The minimum Gasteiger partial charge on any atom is -0.294 e. The second-order valence-corrected chi connectivity index (χ2v) is 7.47. The molecule has 6 heteroatoms. The average Bonchev–Trinajstić information content (AvgIpc) is 2.69. The Hall–Kier alpha value is -2.37. The summed E-state index contributed by atoms with van der Waals surface area (Å²) < 4.78 is 0. The Balaban J connectivity index is 1.64. The zero-order chi connectivity index (χ0) is 18.8. The first-order valence-electron chi connectivity index (χ1n) is 9.33. The van der Waals surface area contributed by atoms with Gasteiger partial charge in [0.2, 0.25) is 5.91 Å². The lowest BCUT2D eigenvalue weighted by Crippen LogP contribution is -2.52. The molecule has 5 nitrogen and oxygen atoms in total. The van der Waals surface area contributed by atoms with Crippen molar-refractivity contribution >= 4 is 34.8 Å². The second-order valence-electron chi connectivity index (χ2n) is 7.03. The van der Waals surface area contributed by atoms with Crippen LogP contribution in [-0.4, -0.2) is 43.0 Å². The number of benzene rings is 2. The first kappa shape index (κ1) is 18.0. The van der Waals surface area contributed by atoms with Gasteiger partial charge in [-0.2, -0.15) is 0 Å². The third-order valence-electron chi connectivity index (χ3n) is 5.18. The number of hydrogen-bond acceptors (Lipinski definition) is 3. The van der Waals surface area contributed by atoms with Crippen LogP contribution in [0.5, 0.6) is 0 Å². The summed E-state index contributed by atoms with van der Waals surface area (Å²) in [6, 6.07) is 14.5. The Bertz CT molecular complexity index is 864. The molecule has 2 aliphatic rings. The Morgan fingerprint density at radius 2 is 1.78 bits per heavy atom. The molecule has 2 aromatic carbocycles. The highest BCUT2D eigenvalue weighted by Crippen LogP contribution is 2.31. The molecule has 27 heavy (non-hydrogen) atoms. The van der Waals surface area contributed by atoms with Crippen LogP contribution >= 0.6 is 11.6 Å². The van der Waals surface area contributed by atoms with Crippen LogP contribution in [0.15, 0.2) is 48.5 Å². The molecule has 0 radical (unpaired) electrons. The molecule has 0 aromatic heterocycles. The first-order chi connectivity index (χ1) is 13.1. The van der Waals surface area contributed by atoms with Crippen molar-refractivity contribution in [2.75, 3.05) is 36.1 Å². The smallest absolute Gasteiger partial charge is 0.261 e. The van der Waals surface area contributed by atoms with Gasteiger partial charge in [-0.25, -0.2) is 0 Å². The Morgan fingerprint density at radius 3 is 2.56 bits per heavy atom. The molecule has 140 valence electrons. The van der Waals surface area contributed by atoms with E-state index in [1.54, 1.807) is 28.0 Å². The summed E-state index contributed by atoms with van der Waals surface area (Å²) in [6.07, 6.45) is 3.50. The summed E-state index contributed by atoms with van der Waals surface area (Å²) in [5.41, 5.74) is 1.91. The number of fused-ring (bicyclic) bond motifs is 1. The highest BCUT2D eigenvalue weighted by atomic mass is 35.5. The van der Waals surface area contributed by atoms with Gasteiger partial charge in [-0.05, 0) is 56.3 Å². The van der Waals surface area contributed by atoms with Crippen LogP contribution in [0.3, 0.4) is 0 Å². The summed E-state index contributed by atoms with van der Waals surface area (Å²) in [5.74, 6) is -0.0984. The molecule has 0 unspecified atom stereocenters. The molecule has 0 saturated carbocycles. The van der Waals surface area contributed by atoms with Gasteiger partial charge in [-0.15, -0.1) is 0 Å². The van der Waals surface area contributed by atoms with Crippen molar-refractivity contribution in [2.24, 2.45) is 0 Å². The summed E-state index contributed by atoms with van der Waals surface area (Å²) in [7, 11) is 0. The number of piperidine rings is 1. The minimum absolute atomic E-state index is 0.0175. The van der Waals surface area contributed by atoms with Crippen molar-refractivity contribution in [3.63, 3.8) is 0 Å². The first-order valence-corrected chi connectivity index (χ1v) is 9.70. The van der Waals surface area contributed by atoms with Crippen molar-refractivity contribution < 1.29 is 9.59 Å². The maximum absolute atomic E-state index is 13.1. The van der Waals surface area contributed by atoms with E-state index in [0.29, 0.717) is 28.5 Å². The third-order valence-corrected chi connectivity index (χ3v) is 5.42. The minimum atomic E-state index is -0.116. The van der Waals surface area contributed by atoms with Gasteiger partial charge >= 0.3 is 0 Å². The molecule has 0 N–H and O–H groups in total. The number of carbonyl (C=O) groups is 2. The molecule has 2 aromatic rings.